The first kappa shape index (κ1) is 20.6. The van der Waals surface area contributed by atoms with Gasteiger partial charge in [-0.3, -0.25) is 4.79 Å². The molecule has 0 fully saturated rings. The van der Waals surface area contributed by atoms with E-state index < -0.39 is 0 Å². The molecule has 1 amide bonds. The second-order valence-electron chi connectivity index (χ2n) is 6.95. The molecule has 0 atom stereocenters. The van der Waals surface area contributed by atoms with Crippen LogP contribution in [0, 0.1) is 13.8 Å². The molecule has 2 aromatic carbocycles. The van der Waals surface area contributed by atoms with Crippen LogP contribution in [0.15, 0.2) is 54.6 Å². The zero-order valence-corrected chi connectivity index (χ0v) is 17.1. The van der Waals surface area contributed by atoms with E-state index in [1.54, 1.807) is 7.11 Å². The molecule has 0 saturated heterocycles. The van der Waals surface area contributed by atoms with E-state index in [2.05, 4.69) is 28.6 Å². The van der Waals surface area contributed by atoms with E-state index in [0.717, 1.165) is 40.4 Å². The Hall–Kier alpha value is -3.12. The average molecular weight is 393 g/mol. The predicted octanol–water partition coefficient (Wildman–Crippen LogP) is 3.37. The first-order valence-electron chi connectivity index (χ1n) is 9.65. The van der Waals surface area contributed by atoms with Crippen LogP contribution in [-0.4, -0.2) is 35.9 Å². The van der Waals surface area contributed by atoms with E-state index in [1.165, 1.54) is 0 Å². The number of aryl methyl sites for hydroxylation is 2. The van der Waals surface area contributed by atoms with Crippen molar-refractivity contribution in [1.82, 2.24) is 15.1 Å². The van der Waals surface area contributed by atoms with Crippen molar-refractivity contribution in [1.29, 1.82) is 0 Å². The summed E-state index contributed by atoms with van der Waals surface area (Å²) in [5.41, 5.74) is 5.28. The molecule has 3 rings (SSSR count). The Morgan fingerprint density at radius 1 is 1.07 bits per heavy atom. The highest BCUT2D eigenvalue weighted by molar-refractivity contribution is 5.77. The highest BCUT2D eigenvalue weighted by atomic mass is 16.5. The van der Waals surface area contributed by atoms with Gasteiger partial charge >= 0.3 is 0 Å². The van der Waals surface area contributed by atoms with Crippen LogP contribution < -0.4 is 10.1 Å². The molecule has 0 spiro atoms. The van der Waals surface area contributed by atoms with Crippen molar-refractivity contribution in [2.75, 3.05) is 20.3 Å². The van der Waals surface area contributed by atoms with E-state index in [1.807, 2.05) is 54.9 Å². The maximum absolute atomic E-state index is 12.0. The molecule has 152 valence electrons. The third kappa shape index (κ3) is 5.93. The number of aromatic nitrogens is 2. The molecular formula is C23H27N3O3. The Labute approximate surface area is 171 Å². The number of carbonyl (C=O) groups is 1. The van der Waals surface area contributed by atoms with Crippen LogP contribution in [0.2, 0.25) is 0 Å². The number of rotatable bonds is 9. The van der Waals surface area contributed by atoms with Crippen LogP contribution in [0.4, 0.5) is 0 Å². The van der Waals surface area contributed by atoms with E-state index in [0.29, 0.717) is 13.2 Å². The van der Waals surface area contributed by atoms with Gasteiger partial charge < -0.3 is 14.8 Å². The maximum atomic E-state index is 12.0. The number of nitrogens with zero attached hydrogens (tertiary/aromatic N) is 2. The standard InChI is InChI=1S/C23H27N3O3/c1-17-13-18(2)26(25-17)21-9-7-19(8-10-21)11-12-24-23(27)16-29-15-20-5-4-6-22(14-20)28-3/h4-10,13-14H,11-12,15-16H2,1-3H3,(H,24,27). The molecule has 29 heavy (non-hydrogen) atoms. The highest BCUT2D eigenvalue weighted by Crippen LogP contribution is 2.14. The smallest absolute Gasteiger partial charge is 0.246 e. The quantitative estimate of drug-likeness (QED) is 0.605. The van der Waals surface area contributed by atoms with Gasteiger partial charge in [-0.2, -0.15) is 5.10 Å². The van der Waals surface area contributed by atoms with Gasteiger partial charge in [0, 0.05) is 12.2 Å². The van der Waals surface area contributed by atoms with Crippen molar-refractivity contribution in [3.63, 3.8) is 0 Å². The van der Waals surface area contributed by atoms with E-state index in [9.17, 15) is 4.79 Å². The summed E-state index contributed by atoms with van der Waals surface area (Å²) >= 11 is 0. The lowest BCUT2D eigenvalue weighted by atomic mass is 10.1. The zero-order chi connectivity index (χ0) is 20.6. The van der Waals surface area contributed by atoms with Crippen LogP contribution in [0.5, 0.6) is 5.75 Å². The van der Waals surface area contributed by atoms with Crippen LogP contribution in [0.1, 0.15) is 22.5 Å². The summed E-state index contributed by atoms with van der Waals surface area (Å²) in [4.78, 5) is 12.0. The lowest BCUT2D eigenvalue weighted by molar-refractivity contribution is -0.126. The van der Waals surface area contributed by atoms with Crippen LogP contribution >= 0.6 is 0 Å². The molecule has 0 aliphatic rings. The van der Waals surface area contributed by atoms with Gasteiger partial charge in [-0.05, 0) is 61.7 Å². The number of hydrogen-bond donors (Lipinski definition) is 1. The number of hydrogen-bond acceptors (Lipinski definition) is 4. The fourth-order valence-corrected chi connectivity index (χ4v) is 3.12. The Bertz CT molecular complexity index is 948. The predicted molar refractivity (Wildman–Crippen MR) is 112 cm³/mol. The molecule has 0 saturated carbocycles. The SMILES string of the molecule is COc1cccc(COCC(=O)NCCc2ccc(-n3nc(C)cc3C)cc2)c1. The second-order valence-corrected chi connectivity index (χ2v) is 6.95. The monoisotopic (exact) mass is 393 g/mol. The highest BCUT2D eigenvalue weighted by Gasteiger charge is 2.05. The van der Waals surface area contributed by atoms with Gasteiger partial charge in [-0.1, -0.05) is 24.3 Å². The second kappa shape index (κ2) is 9.89. The Balaban J connectivity index is 1.39. The summed E-state index contributed by atoms with van der Waals surface area (Å²) in [6, 6.07) is 17.9. The Kier molecular flexibility index (Phi) is 7.03. The van der Waals surface area contributed by atoms with Crippen LogP contribution in [0.25, 0.3) is 5.69 Å². The number of amides is 1. The van der Waals surface area contributed by atoms with Gasteiger partial charge in [0.15, 0.2) is 0 Å². The van der Waals surface area contributed by atoms with E-state index in [-0.39, 0.29) is 12.5 Å². The molecule has 6 nitrogen and oxygen atoms in total. The minimum Gasteiger partial charge on any atom is -0.497 e. The molecule has 1 heterocycles. The summed E-state index contributed by atoms with van der Waals surface area (Å²) in [5, 5.41) is 7.39. The van der Waals surface area contributed by atoms with Gasteiger partial charge in [-0.25, -0.2) is 4.68 Å². The fraction of sp³-hybridized carbons (Fsp3) is 0.304. The third-order valence-corrected chi connectivity index (χ3v) is 4.56. The number of methoxy groups -OCH3 is 1. The Morgan fingerprint density at radius 3 is 2.55 bits per heavy atom. The fourth-order valence-electron chi connectivity index (χ4n) is 3.12. The van der Waals surface area contributed by atoms with Gasteiger partial charge in [-0.15, -0.1) is 0 Å². The van der Waals surface area contributed by atoms with Crippen molar-refractivity contribution in [2.45, 2.75) is 26.9 Å². The number of benzene rings is 2. The maximum Gasteiger partial charge on any atom is 0.246 e. The van der Waals surface area contributed by atoms with Crippen molar-refractivity contribution >= 4 is 5.91 Å². The summed E-state index contributed by atoms with van der Waals surface area (Å²) in [5.74, 6) is 0.659. The first-order valence-corrected chi connectivity index (χ1v) is 9.65. The summed E-state index contributed by atoms with van der Waals surface area (Å²) < 4.78 is 12.6. The minimum absolute atomic E-state index is 0.0358. The summed E-state index contributed by atoms with van der Waals surface area (Å²) in [6.07, 6.45) is 0.763. The van der Waals surface area contributed by atoms with Crippen LogP contribution in [0.3, 0.4) is 0 Å². The molecule has 0 unspecified atom stereocenters. The number of nitrogens with one attached hydrogen (secondary N) is 1. The van der Waals surface area contributed by atoms with Gasteiger partial charge in [0.25, 0.3) is 0 Å². The van der Waals surface area contributed by atoms with Gasteiger partial charge in [0.05, 0.1) is 25.1 Å². The van der Waals surface area contributed by atoms with Crippen molar-refractivity contribution in [3.8, 4) is 11.4 Å². The number of carbonyl (C=O) groups excluding carboxylic acids is 1. The lowest BCUT2D eigenvalue weighted by Crippen LogP contribution is -2.29. The van der Waals surface area contributed by atoms with Crippen molar-refractivity contribution < 1.29 is 14.3 Å². The molecule has 6 heteroatoms. The zero-order valence-electron chi connectivity index (χ0n) is 17.1. The molecule has 0 aliphatic heterocycles. The molecule has 1 aromatic heterocycles. The van der Waals surface area contributed by atoms with Gasteiger partial charge in [0.1, 0.15) is 12.4 Å². The number of ether oxygens (including phenoxy) is 2. The largest absolute Gasteiger partial charge is 0.497 e. The molecular weight excluding hydrogens is 366 g/mol. The molecule has 0 aliphatic carbocycles. The Morgan fingerprint density at radius 2 is 1.86 bits per heavy atom. The van der Waals surface area contributed by atoms with Gasteiger partial charge in [0.2, 0.25) is 5.91 Å². The van der Waals surface area contributed by atoms with E-state index >= 15 is 0 Å². The summed E-state index contributed by atoms with van der Waals surface area (Å²) in [7, 11) is 1.63. The molecule has 0 radical (unpaired) electrons. The minimum atomic E-state index is -0.118. The van der Waals surface area contributed by atoms with Crippen LogP contribution in [-0.2, 0) is 22.6 Å². The summed E-state index contributed by atoms with van der Waals surface area (Å²) in [6.45, 7) is 5.01. The lowest BCUT2D eigenvalue weighted by Gasteiger charge is -2.08. The molecule has 1 N–H and O–H groups in total. The molecule has 0 bridgehead atoms. The van der Waals surface area contributed by atoms with Crippen molar-refractivity contribution in [2.24, 2.45) is 0 Å². The first-order chi connectivity index (χ1) is 14.0. The van der Waals surface area contributed by atoms with E-state index in [4.69, 9.17) is 9.47 Å². The average Bonchev–Trinajstić information content (AvgIpc) is 3.06. The molecule has 3 aromatic rings. The normalized spacial score (nSPS) is 10.7. The third-order valence-electron chi connectivity index (χ3n) is 4.56. The topological polar surface area (TPSA) is 65.4 Å². The van der Waals surface area contributed by atoms with Crippen molar-refractivity contribution in [3.05, 3.63) is 77.1 Å².